The number of benzene rings is 2. The zero-order valence-electron chi connectivity index (χ0n) is 9.93. The Morgan fingerprint density at radius 3 is 2.59 bits per heavy atom. The van der Waals surface area contributed by atoms with Crippen molar-refractivity contribution in [2.24, 2.45) is 0 Å². The van der Waals surface area contributed by atoms with E-state index in [0.29, 0.717) is 0 Å². The second-order valence-electron chi connectivity index (χ2n) is 4.53. The lowest BCUT2D eigenvalue weighted by atomic mass is 10.0. The number of hydrogen-bond donors (Lipinski definition) is 0. The first-order chi connectivity index (χ1) is 8.43. The molecule has 0 aliphatic carbocycles. The average Bonchev–Trinajstić information content (AvgIpc) is 2.40. The van der Waals surface area contributed by atoms with Crippen LogP contribution in [0.4, 0.5) is 0 Å². The highest BCUT2D eigenvalue weighted by Gasteiger charge is 2.11. The number of fused-ring (bicyclic) bond motifs is 1. The summed E-state index contributed by atoms with van der Waals surface area (Å²) in [5, 5.41) is 2.71. The molecular weight excluding hydrogens is 210 g/mol. The monoisotopic (exact) mass is 227 g/mol. The van der Waals surface area contributed by atoms with Crippen molar-refractivity contribution >= 4 is 10.8 Å². The van der Waals surface area contributed by atoms with Crippen LogP contribution in [-0.2, 0) is 11.3 Å². The van der Waals surface area contributed by atoms with Crippen LogP contribution in [0.3, 0.4) is 0 Å². The first-order valence-corrected chi connectivity index (χ1v) is 6.20. The molecule has 1 aliphatic rings. The Balaban J connectivity index is 1.89. The van der Waals surface area contributed by atoms with Crippen LogP contribution in [0.1, 0.15) is 5.56 Å². The number of rotatable bonds is 2. The van der Waals surface area contributed by atoms with Crippen LogP contribution >= 0.6 is 0 Å². The van der Waals surface area contributed by atoms with E-state index in [4.69, 9.17) is 4.74 Å². The van der Waals surface area contributed by atoms with Gasteiger partial charge in [-0.3, -0.25) is 4.90 Å². The molecule has 1 heterocycles. The highest BCUT2D eigenvalue weighted by Crippen LogP contribution is 2.20. The van der Waals surface area contributed by atoms with Gasteiger partial charge in [-0.05, 0) is 16.3 Å². The molecule has 2 aromatic rings. The molecule has 0 N–H and O–H groups in total. The Hall–Kier alpha value is -1.38. The molecule has 0 atom stereocenters. The van der Waals surface area contributed by atoms with Gasteiger partial charge in [-0.15, -0.1) is 0 Å². The maximum absolute atomic E-state index is 5.38. The minimum atomic E-state index is 0.866. The van der Waals surface area contributed by atoms with Crippen LogP contribution in [0.2, 0.25) is 0 Å². The standard InChI is InChI=1S/C15H17NO/c1-2-7-15-13(4-1)5-3-6-14(15)12-16-8-10-17-11-9-16/h1-7H,8-12H2. The van der Waals surface area contributed by atoms with Crippen molar-refractivity contribution in [1.29, 1.82) is 0 Å². The summed E-state index contributed by atoms with van der Waals surface area (Å²) in [7, 11) is 0. The van der Waals surface area contributed by atoms with E-state index in [0.717, 1.165) is 32.8 Å². The minimum Gasteiger partial charge on any atom is -0.379 e. The molecule has 0 spiro atoms. The molecule has 2 heteroatoms. The molecule has 0 bridgehead atoms. The van der Waals surface area contributed by atoms with Crippen LogP contribution in [0.25, 0.3) is 10.8 Å². The molecule has 0 aromatic heterocycles. The van der Waals surface area contributed by atoms with Crippen molar-refractivity contribution in [3.63, 3.8) is 0 Å². The molecule has 0 amide bonds. The number of morpholine rings is 1. The Bertz CT molecular complexity index is 498. The van der Waals surface area contributed by atoms with Gasteiger partial charge in [-0.2, -0.15) is 0 Å². The molecule has 0 saturated carbocycles. The van der Waals surface area contributed by atoms with Gasteiger partial charge in [0.25, 0.3) is 0 Å². The maximum atomic E-state index is 5.38. The predicted molar refractivity (Wildman–Crippen MR) is 70.0 cm³/mol. The second-order valence-corrected chi connectivity index (χ2v) is 4.53. The molecule has 88 valence electrons. The molecule has 1 saturated heterocycles. The SMILES string of the molecule is c1ccc2c(CN3CCOCC3)cccc2c1. The third-order valence-electron chi connectivity index (χ3n) is 3.38. The van der Waals surface area contributed by atoms with Crippen LogP contribution < -0.4 is 0 Å². The lowest BCUT2D eigenvalue weighted by Gasteiger charge is -2.27. The molecule has 2 aromatic carbocycles. The normalized spacial score (nSPS) is 17.4. The molecule has 1 aliphatic heterocycles. The van der Waals surface area contributed by atoms with Crippen molar-refractivity contribution in [1.82, 2.24) is 4.90 Å². The van der Waals surface area contributed by atoms with Gasteiger partial charge >= 0.3 is 0 Å². The number of ether oxygens (including phenoxy) is 1. The maximum Gasteiger partial charge on any atom is 0.0594 e. The summed E-state index contributed by atoms with van der Waals surface area (Å²) in [6, 6.07) is 15.2. The lowest BCUT2D eigenvalue weighted by Crippen LogP contribution is -2.35. The van der Waals surface area contributed by atoms with Crippen molar-refractivity contribution in [2.45, 2.75) is 6.54 Å². The van der Waals surface area contributed by atoms with E-state index in [1.165, 1.54) is 16.3 Å². The first-order valence-electron chi connectivity index (χ1n) is 6.20. The molecule has 2 nitrogen and oxygen atoms in total. The minimum absolute atomic E-state index is 0.866. The van der Waals surface area contributed by atoms with Crippen LogP contribution in [0.5, 0.6) is 0 Å². The second kappa shape index (κ2) is 4.86. The van der Waals surface area contributed by atoms with E-state index in [2.05, 4.69) is 47.4 Å². The summed E-state index contributed by atoms with van der Waals surface area (Å²) in [5.41, 5.74) is 1.42. The quantitative estimate of drug-likeness (QED) is 0.782. The van der Waals surface area contributed by atoms with Crippen molar-refractivity contribution in [2.75, 3.05) is 26.3 Å². The lowest BCUT2D eigenvalue weighted by molar-refractivity contribution is 0.0344. The Morgan fingerprint density at radius 2 is 1.71 bits per heavy atom. The van der Waals surface area contributed by atoms with Gasteiger partial charge in [-0.1, -0.05) is 42.5 Å². The fourth-order valence-corrected chi connectivity index (χ4v) is 2.43. The predicted octanol–water partition coefficient (Wildman–Crippen LogP) is 2.67. The molecule has 0 unspecified atom stereocenters. The van der Waals surface area contributed by atoms with E-state index in [9.17, 15) is 0 Å². The molecule has 0 radical (unpaired) electrons. The van der Waals surface area contributed by atoms with E-state index in [-0.39, 0.29) is 0 Å². The fourth-order valence-electron chi connectivity index (χ4n) is 2.43. The van der Waals surface area contributed by atoms with Gasteiger partial charge in [0.2, 0.25) is 0 Å². The van der Waals surface area contributed by atoms with Crippen LogP contribution in [0.15, 0.2) is 42.5 Å². The summed E-state index contributed by atoms with van der Waals surface area (Å²) in [6.45, 7) is 4.85. The Kier molecular flexibility index (Phi) is 3.08. The molecule has 17 heavy (non-hydrogen) atoms. The summed E-state index contributed by atoms with van der Waals surface area (Å²) < 4.78 is 5.38. The Labute approximate surface area is 102 Å². The summed E-state index contributed by atoms with van der Waals surface area (Å²) in [4.78, 5) is 2.46. The van der Waals surface area contributed by atoms with E-state index in [1.807, 2.05) is 0 Å². The van der Waals surface area contributed by atoms with Crippen molar-refractivity contribution in [3.8, 4) is 0 Å². The van der Waals surface area contributed by atoms with Gasteiger partial charge in [0.15, 0.2) is 0 Å². The third kappa shape index (κ3) is 2.33. The third-order valence-corrected chi connectivity index (χ3v) is 3.38. The molecular formula is C15H17NO. The largest absolute Gasteiger partial charge is 0.379 e. The van der Waals surface area contributed by atoms with Gasteiger partial charge in [-0.25, -0.2) is 0 Å². The van der Waals surface area contributed by atoms with E-state index >= 15 is 0 Å². The van der Waals surface area contributed by atoms with Crippen LogP contribution in [-0.4, -0.2) is 31.2 Å². The first kappa shape index (κ1) is 10.8. The van der Waals surface area contributed by atoms with Gasteiger partial charge in [0.05, 0.1) is 13.2 Å². The average molecular weight is 227 g/mol. The highest BCUT2D eigenvalue weighted by molar-refractivity contribution is 5.85. The summed E-state index contributed by atoms with van der Waals surface area (Å²) in [5.74, 6) is 0. The van der Waals surface area contributed by atoms with Gasteiger partial charge in [0, 0.05) is 19.6 Å². The smallest absolute Gasteiger partial charge is 0.0594 e. The zero-order valence-corrected chi connectivity index (χ0v) is 9.93. The highest BCUT2D eigenvalue weighted by atomic mass is 16.5. The summed E-state index contributed by atoms with van der Waals surface area (Å²) >= 11 is 0. The number of hydrogen-bond acceptors (Lipinski definition) is 2. The van der Waals surface area contributed by atoms with Gasteiger partial charge < -0.3 is 4.74 Å². The molecule has 3 rings (SSSR count). The molecule has 1 fully saturated rings. The number of nitrogens with zero attached hydrogens (tertiary/aromatic N) is 1. The van der Waals surface area contributed by atoms with Gasteiger partial charge in [0.1, 0.15) is 0 Å². The summed E-state index contributed by atoms with van der Waals surface area (Å²) in [6.07, 6.45) is 0. The van der Waals surface area contributed by atoms with Crippen molar-refractivity contribution < 1.29 is 4.74 Å². The van der Waals surface area contributed by atoms with Crippen LogP contribution in [0, 0.1) is 0 Å². The van der Waals surface area contributed by atoms with Crippen molar-refractivity contribution in [3.05, 3.63) is 48.0 Å². The van der Waals surface area contributed by atoms with E-state index in [1.54, 1.807) is 0 Å². The van der Waals surface area contributed by atoms with E-state index < -0.39 is 0 Å². The zero-order chi connectivity index (χ0) is 11.5. The Morgan fingerprint density at radius 1 is 0.941 bits per heavy atom. The topological polar surface area (TPSA) is 12.5 Å². The fraction of sp³-hybridized carbons (Fsp3) is 0.333.